The Balaban J connectivity index is 2.20. The number of nitrogens with one attached hydrogen (secondary N) is 1. The lowest BCUT2D eigenvalue weighted by Crippen LogP contribution is -2.33. The zero-order valence-electron chi connectivity index (χ0n) is 9.62. The van der Waals surface area contributed by atoms with E-state index >= 15 is 0 Å². The van der Waals surface area contributed by atoms with Crippen LogP contribution in [0.4, 0.5) is 4.79 Å². The fraction of sp³-hybridized carbons (Fsp3) is 0.636. The number of carbonyl (C=O) groups is 2. The van der Waals surface area contributed by atoms with Crippen molar-refractivity contribution in [1.82, 2.24) is 5.32 Å². The lowest BCUT2D eigenvalue weighted by Gasteiger charge is -2.16. The van der Waals surface area contributed by atoms with Gasteiger partial charge in [0, 0.05) is 5.57 Å². The third-order valence-electron chi connectivity index (χ3n) is 2.54. The van der Waals surface area contributed by atoms with Gasteiger partial charge in [-0.25, -0.2) is 9.59 Å². The molecular weight excluding hydrogens is 210 g/mol. The van der Waals surface area contributed by atoms with Gasteiger partial charge < -0.3 is 14.8 Å². The molecule has 0 aromatic carbocycles. The van der Waals surface area contributed by atoms with Gasteiger partial charge in [0.2, 0.25) is 0 Å². The molecule has 0 aromatic heterocycles. The Hall–Kier alpha value is -1.52. The molecule has 5 heteroatoms. The van der Waals surface area contributed by atoms with Crippen LogP contribution in [0.2, 0.25) is 0 Å². The van der Waals surface area contributed by atoms with Crippen molar-refractivity contribution in [2.24, 2.45) is 5.92 Å². The van der Waals surface area contributed by atoms with E-state index in [9.17, 15) is 9.59 Å². The Bertz CT molecular complexity index is 300. The maximum absolute atomic E-state index is 11.1. The molecule has 2 atom stereocenters. The molecule has 0 saturated carbocycles. The fourth-order valence-corrected chi connectivity index (χ4v) is 1.37. The lowest BCUT2D eigenvalue weighted by molar-refractivity contribution is -0.139. The van der Waals surface area contributed by atoms with E-state index < -0.39 is 0 Å². The first-order chi connectivity index (χ1) is 7.50. The van der Waals surface area contributed by atoms with Gasteiger partial charge in [-0.15, -0.1) is 0 Å². The van der Waals surface area contributed by atoms with E-state index in [0.29, 0.717) is 25.2 Å². The molecule has 1 rings (SSSR count). The molecule has 2 unspecified atom stereocenters. The number of cyclic esters (lactones) is 1. The Kier molecular flexibility index (Phi) is 4.34. The average molecular weight is 227 g/mol. The number of carbonyl (C=O) groups excluding carboxylic acids is 2. The molecular formula is C11H17NO4. The van der Waals surface area contributed by atoms with Gasteiger partial charge in [0.15, 0.2) is 0 Å². The maximum Gasteiger partial charge on any atom is 0.407 e. The van der Waals surface area contributed by atoms with Crippen molar-refractivity contribution in [3.8, 4) is 0 Å². The van der Waals surface area contributed by atoms with Gasteiger partial charge in [-0.3, -0.25) is 0 Å². The molecule has 90 valence electrons. The number of hydrogen-bond acceptors (Lipinski definition) is 4. The molecule has 0 spiro atoms. The number of esters is 1. The maximum atomic E-state index is 11.1. The second-order valence-corrected chi connectivity index (χ2v) is 4.03. The fourth-order valence-electron chi connectivity index (χ4n) is 1.37. The highest BCUT2D eigenvalue weighted by atomic mass is 16.6. The van der Waals surface area contributed by atoms with E-state index in [1.54, 1.807) is 6.92 Å². The Morgan fingerprint density at radius 2 is 2.44 bits per heavy atom. The molecule has 1 amide bonds. The Morgan fingerprint density at radius 1 is 1.75 bits per heavy atom. The van der Waals surface area contributed by atoms with Crippen LogP contribution in [0.1, 0.15) is 20.3 Å². The van der Waals surface area contributed by atoms with E-state index in [-0.39, 0.29) is 24.0 Å². The molecule has 0 bridgehead atoms. The highest BCUT2D eigenvalue weighted by Crippen LogP contribution is 2.13. The van der Waals surface area contributed by atoms with Crippen LogP contribution in [0.15, 0.2) is 12.2 Å². The highest BCUT2D eigenvalue weighted by molar-refractivity contribution is 5.86. The standard InChI is InChI=1S/C11H17NO4/c1-7(2)10(13)15-5-4-8(3)9-6-16-11(14)12-9/h8-9H,1,4-6H2,2-3H3,(H,12,14). The Morgan fingerprint density at radius 3 is 2.94 bits per heavy atom. The minimum Gasteiger partial charge on any atom is -0.462 e. The molecule has 1 aliphatic rings. The lowest BCUT2D eigenvalue weighted by atomic mass is 10.0. The summed E-state index contributed by atoms with van der Waals surface area (Å²) in [6, 6.07) is 0.0102. The van der Waals surface area contributed by atoms with E-state index in [4.69, 9.17) is 9.47 Å². The minimum atomic E-state index is -0.379. The summed E-state index contributed by atoms with van der Waals surface area (Å²) < 4.78 is 9.75. The third-order valence-corrected chi connectivity index (χ3v) is 2.54. The first-order valence-corrected chi connectivity index (χ1v) is 5.26. The van der Waals surface area contributed by atoms with Crippen LogP contribution in [0, 0.1) is 5.92 Å². The van der Waals surface area contributed by atoms with Crippen molar-refractivity contribution in [1.29, 1.82) is 0 Å². The van der Waals surface area contributed by atoms with Crippen molar-refractivity contribution in [2.75, 3.05) is 13.2 Å². The summed E-state index contributed by atoms with van der Waals surface area (Å²) >= 11 is 0. The number of rotatable bonds is 5. The minimum absolute atomic E-state index is 0.0102. The smallest absolute Gasteiger partial charge is 0.407 e. The predicted octanol–water partition coefficient (Wildman–Crippen LogP) is 1.24. The second-order valence-electron chi connectivity index (χ2n) is 4.03. The molecule has 0 aromatic rings. The van der Waals surface area contributed by atoms with Gasteiger partial charge in [0.05, 0.1) is 12.6 Å². The van der Waals surface area contributed by atoms with Gasteiger partial charge in [-0.2, -0.15) is 0 Å². The normalized spacial score (nSPS) is 20.9. The van der Waals surface area contributed by atoms with Gasteiger partial charge in [0.25, 0.3) is 0 Å². The van der Waals surface area contributed by atoms with Gasteiger partial charge in [-0.1, -0.05) is 13.5 Å². The molecule has 0 aliphatic carbocycles. The van der Waals surface area contributed by atoms with Crippen molar-refractivity contribution in [3.05, 3.63) is 12.2 Å². The molecule has 1 aliphatic heterocycles. The van der Waals surface area contributed by atoms with Crippen LogP contribution < -0.4 is 5.32 Å². The number of hydrogen-bond donors (Lipinski definition) is 1. The summed E-state index contributed by atoms with van der Waals surface area (Å²) in [6.07, 6.45) is 0.309. The highest BCUT2D eigenvalue weighted by Gasteiger charge is 2.27. The van der Waals surface area contributed by atoms with Gasteiger partial charge >= 0.3 is 12.1 Å². The van der Waals surface area contributed by atoms with E-state index in [2.05, 4.69) is 11.9 Å². The van der Waals surface area contributed by atoms with Crippen LogP contribution in [0.3, 0.4) is 0 Å². The van der Waals surface area contributed by atoms with Crippen LogP contribution in [-0.4, -0.2) is 31.3 Å². The molecule has 1 fully saturated rings. The summed E-state index contributed by atoms with van der Waals surface area (Å²) in [5, 5.41) is 2.70. The SMILES string of the molecule is C=C(C)C(=O)OCCC(C)C1COC(=O)N1. The van der Waals surface area contributed by atoms with Gasteiger partial charge in [0.1, 0.15) is 6.61 Å². The van der Waals surface area contributed by atoms with Crippen molar-refractivity contribution < 1.29 is 19.1 Å². The molecule has 5 nitrogen and oxygen atoms in total. The summed E-state index contributed by atoms with van der Waals surface area (Å²) in [6.45, 7) is 7.79. The average Bonchev–Trinajstić information content (AvgIpc) is 2.64. The first-order valence-electron chi connectivity index (χ1n) is 5.26. The molecule has 1 heterocycles. The molecule has 1 saturated heterocycles. The second kappa shape index (κ2) is 5.53. The van der Waals surface area contributed by atoms with Gasteiger partial charge in [-0.05, 0) is 19.3 Å². The van der Waals surface area contributed by atoms with Crippen molar-refractivity contribution >= 4 is 12.1 Å². The van der Waals surface area contributed by atoms with Crippen LogP contribution in [-0.2, 0) is 14.3 Å². The molecule has 16 heavy (non-hydrogen) atoms. The summed E-state index contributed by atoms with van der Waals surface area (Å²) in [4.78, 5) is 21.9. The number of amides is 1. The molecule has 0 radical (unpaired) electrons. The predicted molar refractivity (Wildman–Crippen MR) is 57.8 cm³/mol. The van der Waals surface area contributed by atoms with Crippen molar-refractivity contribution in [2.45, 2.75) is 26.3 Å². The van der Waals surface area contributed by atoms with Crippen LogP contribution in [0.25, 0.3) is 0 Å². The van der Waals surface area contributed by atoms with E-state index in [0.717, 1.165) is 0 Å². The Labute approximate surface area is 94.8 Å². The van der Waals surface area contributed by atoms with Crippen LogP contribution >= 0.6 is 0 Å². The largest absolute Gasteiger partial charge is 0.462 e. The topological polar surface area (TPSA) is 64.6 Å². The number of alkyl carbamates (subject to hydrolysis) is 1. The zero-order chi connectivity index (χ0) is 12.1. The quantitative estimate of drug-likeness (QED) is 0.567. The first kappa shape index (κ1) is 12.5. The summed E-state index contributed by atoms with van der Waals surface area (Å²) in [5.41, 5.74) is 0.394. The molecule has 1 N–H and O–H groups in total. The number of ether oxygens (including phenoxy) is 2. The third kappa shape index (κ3) is 3.56. The van der Waals surface area contributed by atoms with Crippen LogP contribution in [0.5, 0.6) is 0 Å². The van der Waals surface area contributed by atoms with E-state index in [1.165, 1.54) is 0 Å². The summed E-state index contributed by atoms with van der Waals surface area (Å²) in [7, 11) is 0. The zero-order valence-corrected chi connectivity index (χ0v) is 9.62. The monoisotopic (exact) mass is 227 g/mol. The van der Waals surface area contributed by atoms with Crippen molar-refractivity contribution in [3.63, 3.8) is 0 Å². The van der Waals surface area contributed by atoms with E-state index in [1.807, 2.05) is 6.92 Å². The summed E-state index contributed by atoms with van der Waals surface area (Å²) in [5.74, 6) is -0.164.